The van der Waals surface area contributed by atoms with Crippen LogP contribution in [0.5, 0.6) is 17.5 Å². The molecule has 1 aliphatic carbocycles. The van der Waals surface area contributed by atoms with Crippen LogP contribution in [0.3, 0.4) is 0 Å². The van der Waals surface area contributed by atoms with Crippen LogP contribution in [0, 0.1) is 10.1 Å². The van der Waals surface area contributed by atoms with Crippen LogP contribution in [0.15, 0.2) is 30.3 Å². The van der Waals surface area contributed by atoms with E-state index in [1.54, 1.807) is 12.1 Å². The lowest BCUT2D eigenvalue weighted by Crippen LogP contribution is -2.26. The smallest absolute Gasteiger partial charge is 0.297 e. The maximum Gasteiger partial charge on any atom is 0.297 e. The minimum absolute atomic E-state index is 0.0197. The second kappa shape index (κ2) is 7.00. The number of imidazole rings is 1. The molecule has 1 aliphatic rings. The molecule has 7 nitrogen and oxygen atoms in total. The Balaban J connectivity index is 1.78. The quantitative estimate of drug-likeness (QED) is 0.354. The number of nitro groups is 1. The Morgan fingerprint density at radius 3 is 2.41 bits per heavy atom. The molecule has 0 aliphatic heterocycles. The highest BCUT2D eigenvalue weighted by molar-refractivity contribution is 6.37. The Kier molecular flexibility index (Phi) is 4.74. The van der Waals surface area contributed by atoms with E-state index in [0.717, 1.165) is 12.1 Å². The van der Waals surface area contributed by atoms with Gasteiger partial charge >= 0.3 is 0 Å². The molecule has 0 N–H and O–H groups in total. The number of methoxy groups -OCH3 is 1. The summed E-state index contributed by atoms with van der Waals surface area (Å²) in [5.74, 6) is 0.273. The van der Waals surface area contributed by atoms with Crippen molar-refractivity contribution in [1.82, 2.24) is 9.55 Å². The Hall–Kier alpha value is -2.65. The van der Waals surface area contributed by atoms with Gasteiger partial charge in [0.2, 0.25) is 0 Å². The van der Waals surface area contributed by atoms with E-state index in [1.807, 2.05) is 0 Å². The van der Waals surface area contributed by atoms with Gasteiger partial charge in [0, 0.05) is 18.2 Å². The fourth-order valence-electron chi connectivity index (χ4n) is 3.20. The highest BCUT2D eigenvalue weighted by Gasteiger charge is 2.55. The first-order chi connectivity index (χ1) is 13.8. The Morgan fingerprint density at radius 1 is 1.24 bits per heavy atom. The van der Waals surface area contributed by atoms with E-state index in [1.165, 1.54) is 17.7 Å². The SMILES string of the molecule is COc1nc2ccc(Oc3c(Cl)cc([N+](=O)[O-])cc3Cl)cc2n1C1(C(F)F)CC1. The van der Waals surface area contributed by atoms with Gasteiger partial charge in [0.05, 0.1) is 33.1 Å². The zero-order valence-electron chi connectivity index (χ0n) is 14.9. The maximum absolute atomic E-state index is 13.7. The first-order valence-electron chi connectivity index (χ1n) is 8.43. The molecule has 0 amide bonds. The average molecular weight is 444 g/mol. The molecular weight excluding hydrogens is 431 g/mol. The lowest BCUT2D eigenvalue weighted by Gasteiger charge is -2.19. The summed E-state index contributed by atoms with van der Waals surface area (Å²) in [4.78, 5) is 14.5. The summed E-state index contributed by atoms with van der Waals surface area (Å²) in [7, 11) is 1.37. The molecular formula is C18H13Cl2F2N3O4. The fourth-order valence-corrected chi connectivity index (χ4v) is 3.75. The van der Waals surface area contributed by atoms with Crippen molar-refractivity contribution in [3.8, 4) is 17.5 Å². The lowest BCUT2D eigenvalue weighted by molar-refractivity contribution is -0.384. The summed E-state index contributed by atoms with van der Waals surface area (Å²) >= 11 is 12.2. The number of halogens is 4. The van der Waals surface area contributed by atoms with Crippen LogP contribution < -0.4 is 9.47 Å². The standard InChI is InChI=1S/C18H13Cl2F2N3O4/c1-28-17-23-13-3-2-10(8-14(13)24(17)18(4-5-18)16(21)22)29-15-11(19)6-9(25(26)27)7-12(15)20/h2-3,6-8,16H,4-5H2,1H3. The second-order valence-electron chi connectivity index (χ2n) is 6.59. The van der Waals surface area contributed by atoms with Crippen LogP contribution in [-0.4, -0.2) is 28.0 Å². The number of aromatic nitrogens is 2. The Labute approximate surface area is 172 Å². The molecule has 0 bridgehead atoms. The molecule has 0 atom stereocenters. The molecule has 1 saturated carbocycles. The highest BCUT2D eigenvalue weighted by Crippen LogP contribution is 2.52. The molecule has 29 heavy (non-hydrogen) atoms. The van der Waals surface area contributed by atoms with Gasteiger partial charge in [-0.3, -0.25) is 14.7 Å². The summed E-state index contributed by atoms with van der Waals surface area (Å²) in [6.07, 6.45) is -1.98. The van der Waals surface area contributed by atoms with Crippen LogP contribution in [-0.2, 0) is 5.54 Å². The molecule has 0 unspecified atom stereocenters. The van der Waals surface area contributed by atoms with Gasteiger partial charge in [-0.15, -0.1) is 0 Å². The number of nitrogens with zero attached hydrogens (tertiary/aromatic N) is 3. The van der Waals surface area contributed by atoms with Crippen molar-refractivity contribution in [2.45, 2.75) is 24.8 Å². The van der Waals surface area contributed by atoms with Crippen molar-refractivity contribution < 1.29 is 23.2 Å². The minimum atomic E-state index is -2.59. The summed E-state index contributed by atoms with van der Waals surface area (Å²) in [6.45, 7) is 0. The third-order valence-corrected chi connectivity index (χ3v) is 5.37. The van der Waals surface area contributed by atoms with Gasteiger partial charge in [0.25, 0.3) is 18.1 Å². The van der Waals surface area contributed by atoms with Gasteiger partial charge in [-0.25, -0.2) is 8.78 Å². The largest absolute Gasteiger partial charge is 0.468 e. The van der Waals surface area contributed by atoms with Crippen molar-refractivity contribution in [1.29, 1.82) is 0 Å². The topological polar surface area (TPSA) is 79.4 Å². The van der Waals surface area contributed by atoms with Crippen molar-refractivity contribution >= 4 is 39.9 Å². The van der Waals surface area contributed by atoms with E-state index < -0.39 is 16.9 Å². The second-order valence-corrected chi connectivity index (χ2v) is 7.40. The molecule has 1 fully saturated rings. The van der Waals surface area contributed by atoms with Crippen LogP contribution in [0.1, 0.15) is 12.8 Å². The van der Waals surface area contributed by atoms with Gasteiger partial charge in [-0.1, -0.05) is 23.2 Å². The first-order valence-corrected chi connectivity index (χ1v) is 9.19. The molecule has 4 rings (SSSR count). The van der Waals surface area contributed by atoms with Gasteiger partial charge in [0.15, 0.2) is 5.75 Å². The van der Waals surface area contributed by atoms with Gasteiger partial charge in [0.1, 0.15) is 11.3 Å². The number of ether oxygens (including phenoxy) is 2. The van der Waals surface area contributed by atoms with E-state index >= 15 is 0 Å². The molecule has 0 saturated heterocycles. The number of hydrogen-bond donors (Lipinski definition) is 0. The van der Waals surface area contributed by atoms with Crippen molar-refractivity contribution in [3.63, 3.8) is 0 Å². The maximum atomic E-state index is 13.7. The third-order valence-electron chi connectivity index (χ3n) is 4.81. The van der Waals surface area contributed by atoms with Gasteiger partial charge in [-0.05, 0) is 25.0 Å². The Morgan fingerprint density at radius 2 is 1.90 bits per heavy atom. The van der Waals surface area contributed by atoms with Crippen LogP contribution in [0.25, 0.3) is 11.0 Å². The lowest BCUT2D eigenvalue weighted by atomic mass is 10.2. The molecule has 11 heteroatoms. The van der Waals surface area contributed by atoms with Crippen molar-refractivity contribution in [3.05, 3.63) is 50.5 Å². The van der Waals surface area contributed by atoms with Crippen molar-refractivity contribution in [2.75, 3.05) is 7.11 Å². The zero-order valence-corrected chi connectivity index (χ0v) is 16.4. The van der Waals surface area contributed by atoms with E-state index in [4.69, 9.17) is 32.7 Å². The minimum Gasteiger partial charge on any atom is -0.468 e. The normalized spacial score (nSPS) is 15.0. The molecule has 1 aromatic heterocycles. The number of hydrogen-bond acceptors (Lipinski definition) is 5. The van der Waals surface area contributed by atoms with E-state index in [9.17, 15) is 18.9 Å². The Bertz CT molecular complexity index is 1110. The van der Waals surface area contributed by atoms with Gasteiger partial charge < -0.3 is 9.47 Å². The van der Waals surface area contributed by atoms with E-state index in [2.05, 4.69) is 4.98 Å². The molecule has 2 aromatic carbocycles. The number of alkyl halides is 2. The zero-order chi connectivity index (χ0) is 20.9. The molecule has 1 heterocycles. The summed E-state index contributed by atoms with van der Waals surface area (Å²) in [5, 5.41) is 10.8. The molecule has 0 spiro atoms. The molecule has 3 aromatic rings. The highest BCUT2D eigenvalue weighted by atomic mass is 35.5. The van der Waals surface area contributed by atoms with E-state index in [0.29, 0.717) is 23.9 Å². The van der Waals surface area contributed by atoms with Crippen LogP contribution >= 0.6 is 23.2 Å². The van der Waals surface area contributed by atoms with E-state index in [-0.39, 0.29) is 33.2 Å². The predicted molar refractivity (Wildman–Crippen MR) is 103 cm³/mol. The monoisotopic (exact) mass is 443 g/mol. The first kappa shape index (κ1) is 19.7. The average Bonchev–Trinajstić information content (AvgIpc) is 3.39. The number of benzene rings is 2. The van der Waals surface area contributed by atoms with Crippen LogP contribution in [0.4, 0.5) is 14.5 Å². The summed E-state index contributed by atoms with van der Waals surface area (Å²) < 4.78 is 39.7. The molecule has 152 valence electrons. The fraction of sp³-hybridized carbons (Fsp3) is 0.278. The number of nitro benzene ring substituents is 1. The third kappa shape index (κ3) is 3.24. The predicted octanol–water partition coefficient (Wildman–Crippen LogP) is 5.81. The van der Waals surface area contributed by atoms with Gasteiger partial charge in [-0.2, -0.15) is 4.98 Å². The summed E-state index contributed by atoms with van der Waals surface area (Å²) in [6, 6.07) is 7.01. The summed E-state index contributed by atoms with van der Waals surface area (Å²) in [5.41, 5.74) is -0.770. The van der Waals surface area contributed by atoms with Crippen molar-refractivity contribution in [2.24, 2.45) is 0 Å². The number of rotatable bonds is 6. The molecule has 0 radical (unpaired) electrons. The van der Waals surface area contributed by atoms with Crippen LogP contribution in [0.2, 0.25) is 10.0 Å². The number of fused-ring (bicyclic) bond motifs is 1. The number of non-ortho nitro benzene ring substituents is 1.